The lowest BCUT2D eigenvalue weighted by molar-refractivity contribution is 0.291. The standard InChI is InChI=1S/C15H15N3O3/c1-2-17-7-6-14(19)18(15(17)20)8-9-21-13-5-3-4-12(10-13)11-16/h3-7,10H,2,8-9H2,1H3. The van der Waals surface area contributed by atoms with Crippen molar-refractivity contribution in [1.29, 1.82) is 5.26 Å². The van der Waals surface area contributed by atoms with Crippen molar-refractivity contribution in [3.8, 4) is 11.8 Å². The van der Waals surface area contributed by atoms with E-state index in [1.54, 1.807) is 24.3 Å². The van der Waals surface area contributed by atoms with Crippen LogP contribution < -0.4 is 16.0 Å². The summed E-state index contributed by atoms with van der Waals surface area (Å²) in [7, 11) is 0. The third-order valence-corrected chi connectivity index (χ3v) is 3.03. The molecular weight excluding hydrogens is 270 g/mol. The molecule has 108 valence electrons. The van der Waals surface area contributed by atoms with E-state index in [-0.39, 0.29) is 24.4 Å². The first-order valence-corrected chi connectivity index (χ1v) is 6.59. The van der Waals surface area contributed by atoms with Gasteiger partial charge in [-0.2, -0.15) is 5.26 Å². The molecule has 6 nitrogen and oxygen atoms in total. The molecule has 0 aliphatic rings. The lowest BCUT2D eigenvalue weighted by atomic mass is 10.2. The Morgan fingerprint density at radius 2 is 2.10 bits per heavy atom. The fraction of sp³-hybridized carbons (Fsp3) is 0.267. The summed E-state index contributed by atoms with van der Waals surface area (Å²) in [5.74, 6) is 0.536. The quantitative estimate of drug-likeness (QED) is 0.820. The summed E-state index contributed by atoms with van der Waals surface area (Å²) in [6, 6.07) is 10.1. The Hall–Kier alpha value is -2.81. The minimum Gasteiger partial charge on any atom is -0.492 e. The number of ether oxygens (including phenoxy) is 1. The Morgan fingerprint density at radius 3 is 2.81 bits per heavy atom. The van der Waals surface area contributed by atoms with Gasteiger partial charge in [0, 0.05) is 18.8 Å². The number of nitriles is 1. The molecule has 0 fully saturated rings. The molecule has 2 rings (SSSR count). The van der Waals surface area contributed by atoms with Crippen LogP contribution in [0, 0.1) is 11.3 Å². The lowest BCUT2D eigenvalue weighted by Crippen LogP contribution is -2.39. The van der Waals surface area contributed by atoms with E-state index in [9.17, 15) is 9.59 Å². The molecule has 0 radical (unpaired) electrons. The van der Waals surface area contributed by atoms with Gasteiger partial charge < -0.3 is 9.30 Å². The predicted molar refractivity (Wildman–Crippen MR) is 77.3 cm³/mol. The lowest BCUT2D eigenvalue weighted by Gasteiger charge is -2.09. The van der Waals surface area contributed by atoms with Crippen LogP contribution in [0.1, 0.15) is 12.5 Å². The highest BCUT2D eigenvalue weighted by Crippen LogP contribution is 2.12. The number of aromatic nitrogens is 2. The zero-order valence-electron chi connectivity index (χ0n) is 11.7. The molecule has 0 spiro atoms. The summed E-state index contributed by atoms with van der Waals surface area (Å²) in [4.78, 5) is 23.7. The van der Waals surface area contributed by atoms with Gasteiger partial charge in [0.05, 0.1) is 18.2 Å². The number of hydrogen-bond acceptors (Lipinski definition) is 4. The summed E-state index contributed by atoms with van der Waals surface area (Å²) < 4.78 is 8.07. The van der Waals surface area contributed by atoms with Crippen LogP contribution in [-0.2, 0) is 13.1 Å². The Kier molecular flexibility index (Phi) is 4.57. The van der Waals surface area contributed by atoms with E-state index in [4.69, 9.17) is 10.00 Å². The van der Waals surface area contributed by atoms with Crippen molar-refractivity contribution in [3.05, 3.63) is 62.9 Å². The van der Waals surface area contributed by atoms with E-state index in [0.717, 1.165) is 4.57 Å². The molecule has 0 atom stereocenters. The molecule has 6 heteroatoms. The monoisotopic (exact) mass is 285 g/mol. The van der Waals surface area contributed by atoms with E-state index in [1.807, 2.05) is 13.0 Å². The average Bonchev–Trinajstić information content (AvgIpc) is 2.51. The first kappa shape index (κ1) is 14.6. The molecule has 0 aliphatic carbocycles. The highest BCUT2D eigenvalue weighted by molar-refractivity contribution is 5.36. The molecule has 0 amide bonds. The molecule has 0 aliphatic heterocycles. The van der Waals surface area contributed by atoms with Crippen molar-refractivity contribution >= 4 is 0 Å². The highest BCUT2D eigenvalue weighted by atomic mass is 16.5. The van der Waals surface area contributed by atoms with Gasteiger partial charge in [0.25, 0.3) is 5.56 Å². The minimum atomic E-state index is -0.348. The van der Waals surface area contributed by atoms with Crippen LogP contribution in [0.15, 0.2) is 46.1 Å². The second kappa shape index (κ2) is 6.57. The van der Waals surface area contributed by atoms with E-state index >= 15 is 0 Å². The van der Waals surface area contributed by atoms with Crippen molar-refractivity contribution in [2.45, 2.75) is 20.0 Å². The third kappa shape index (κ3) is 3.39. The Balaban J connectivity index is 2.09. The molecular formula is C15H15N3O3. The second-order valence-electron chi connectivity index (χ2n) is 4.36. The zero-order valence-corrected chi connectivity index (χ0v) is 11.7. The van der Waals surface area contributed by atoms with Crippen molar-refractivity contribution in [1.82, 2.24) is 9.13 Å². The maximum absolute atomic E-state index is 12.0. The Morgan fingerprint density at radius 1 is 1.29 bits per heavy atom. The molecule has 0 saturated carbocycles. The van der Waals surface area contributed by atoms with Crippen molar-refractivity contribution < 1.29 is 4.74 Å². The third-order valence-electron chi connectivity index (χ3n) is 3.03. The van der Waals surface area contributed by atoms with Crippen LogP contribution in [0.3, 0.4) is 0 Å². The van der Waals surface area contributed by atoms with Gasteiger partial charge in [-0.25, -0.2) is 4.79 Å². The van der Waals surface area contributed by atoms with Crippen molar-refractivity contribution in [3.63, 3.8) is 0 Å². The number of hydrogen-bond donors (Lipinski definition) is 0. The molecule has 1 heterocycles. The molecule has 2 aromatic rings. The summed E-state index contributed by atoms with van der Waals surface area (Å²) in [6.45, 7) is 2.68. The molecule has 1 aromatic heterocycles. The van der Waals surface area contributed by atoms with Crippen LogP contribution >= 0.6 is 0 Å². The first-order valence-electron chi connectivity index (χ1n) is 6.59. The Bertz CT molecular complexity index is 784. The van der Waals surface area contributed by atoms with Gasteiger partial charge in [-0.05, 0) is 25.1 Å². The van der Waals surface area contributed by atoms with Crippen LogP contribution in [-0.4, -0.2) is 15.7 Å². The number of nitrogens with zero attached hydrogens (tertiary/aromatic N) is 3. The number of benzene rings is 1. The number of rotatable bonds is 5. The van der Waals surface area contributed by atoms with Crippen molar-refractivity contribution in [2.24, 2.45) is 0 Å². The van der Waals surface area contributed by atoms with Crippen LogP contribution in [0.25, 0.3) is 0 Å². The van der Waals surface area contributed by atoms with Gasteiger partial charge in [-0.1, -0.05) is 6.07 Å². The van der Waals surface area contributed by atoms with Gasteiger partial charge in [-0.15, -0.1) is 0 Å². The van der Waals surface area contributed by atoms with Gasteiger partial charge in [0.1, 0.15) is 12.4 Å². The van der Waals surface area contributed by atoms with Crippen molar-refractivity contribution in [2.75, 3.05) is 6.61 Å². The summed E-state index contributed by atoms with van der Waals surface area (Å²) in [6.07, 6.45) is 1.48. The molecule has 1 aromatic carbocycles. The largest absolute Gasteiger partial charge is 0.492 e. The SMILES string of the molecule is CCn1ccc(=O)n(CCOc2cccc(C#N)c2)c1=O. The zero-order chi connectivity index (χ0) is 15.2. The van der Waals surface area contributed by atoms with E-state index < -0.39 is 0 Å². The smallest absolute Gasteiger partial charge is 0.331 e. The normalized spacial score (nSPS) is 10.1. The average molecular weight is 285 g/mol. The van der Waals surface area contributed by atoms with Gasteiger partial charge >= 0.3 is 5.69 Å². The summed E-state index contributed by atoms with van der Waals surface area (Å²) in [5, 5.41) is 8.80. The predicted octanol–water partition coefficient (Wildman–Crippen LogP) is 0.981. The second-order valence-corrected chi connectivity index (χ2v) is 4.36. The van der Waals surface area contributed by atoms with Crippen LogP contribution in [0.4, 0.5) is 0 Å². The minimum absolute atomic E-state index is 0.162. The topological polar surface area (TPSA) is 77.0 Å². The van der Waals surface area contributed by atoms with E-state index in [0.29, 0.717) is 17.9 Å². The molecule has 0 bridgehead atoms. The van der Waals surface area contributed by atoms with E-state index in [2.05, 4.69) is 0 Å². The van der Waals surface area contributed by atoms with Gasteiger partial charge in [0.2, 0.25) is 0 Å². The van der Waals surface area contributed by atoms with Crippen LogP contribution in [0.2, 0.25) is 0 Å². The number of aryl methyl sites for hydroxylation is 1. The first-order chi connectivity index (χ1) is 10.2. The Labute approximate surface area is 121 Å². The maximum Gasteiger partial charge on any atom is 0.331 e. The molecule has 21 heavy (non-hydrogen) atoms. The molecule has 0 unspecified atom stereocenters. The van der Waals surface area contributed by atoms with Gasteiger partial charge in [0.15, 0.2) is 0 Å². The summed E-state index contributed by atoms with van der Waals surface area (Å²) >= 11 is 0. The maximum atomic E-state index is 12.0. The van der Waals surface area contributed by atoms with Crippen LogP contribution in [0.5, 0.6) is 5.75 Å². The molecule has 0 N–H and O–H groups in total. The highest BCUT2D eigenvalue weighted by Gasteiger charge is 2.04. The summed E-state index contributed by atoms with van der Waals surface area (Å²) in [5.41, 5.74) is -0.198. The molecule has 0 saturated heterocycles. The van der Waals surface area contributed by atoms with E-state index in [1.165, 1.54) is 16.8 Å². The fourth-order valence-corrected chi connectivity index (χ4v) is 1.91. The van der Waals surface area contributed by atoms with Gasteiger partial charge in [-0.3, -0.25) is 9.36 Å². The fourth-order valence-electron chi connectivity index (χ4n) is 1.91.